The topological polar surface area (TPSA) is 165 Å². The maximum absolute atomic E-state index is 13.8. The van der Waals surface area contributed by atoms with Gasteiger partial charge >= 0.3 is 0 Å². The Morgan fingerprint density at radius 2 is 1.71 bits per heavy atom. The van der Waals surface area contributed by atoms with E-state index in [9.17, 15) is 34.2 Å². The van der Waals surface area contributed by atoms with Crippen LogP contribution in [-0.4, -0.2) is 44.9 Å². The Balaban J connectivity index is 1.30. The van der Waals surface area contributed by atoms with Crippen LogP contribution in [0.15, 0.2) is 59.0 Å². The predicted octanol–water partition coefficient (Wildman–Crippen LogP) is 2.76. The average molecular weight is 556 g/mol. The number of ketones is 4. The molecule has 0 bridgehead atoms. The van der Waals surface area contributed by atoms with Gasteiger partial charge in [0, 0.05) is 24.3 Å². The Kier molecular flexibility index (Phi) is 6.49. The second kappa shape index (κ2) is 9.92. The summed E-state index contributed by atoms with van der Waals surface area (Å²) in [4.78, 5) is 64.8. The van der Waals surface area contributed by atoms with Crippen molar-refractivity contribution in [3.05, 3.63) is 77.0 Å². The Morgan fingerprint density at radius 3 is 2.44 bits per heavy atom. The molecule has 0 spiro atoms. The zero-order chi connectivity index (χ0) is 29.1. The predicted molar refractivity (Wildman–Crippen MR) is 145 cm³/mol. The third-order valence-electron chi connectivity index (χ3n) is 8.94. The fourth-order valence-corrected chi connectivity index (χ4v) is 6.97. The number of aromatic hydroxyl groups is 1. The van der Waals surface area contributed by atoms with Gasteiger partial charge in [-0.1, -0.05) is 30.3 Å². The molecule has 1 aromatic heterocycles. The molecular weight excluding hydrogens is 526 g/mol. The van der Waals surface area contributed by atoms with E-state index in [1.807, 2.05) is 30.3 Å². The number of amides is 1. The van der Waals surface area contributed by atoms with E-state index in [0.717, 1.165) is 18.6 Å². The quantitative estimate of drug-likeness (QED) is 0.391. The van der Waals surface area contributed by atoms with Crippen molar-refractivity contribution in [2.75, 3.05) is 0 Å². The number of phenolic OH excluding ortho intramolecular Hbond substituents is 1. The zero-order valence-corrected chi connectivity index (χ0v) is 22.2. The summed E-state index contributed by atoms with van der Waals surface area (Å²) in [5, 5.41) is 22.0. The number of rotatable bonds is 6. The van der Waals surface area contributed by atoms with Crippen LogP contribution in [0.25, 0.3) is 11.3 Å². The fraction of sp³-hybridized carbons (Fsp3) is 0.344. The van der Waals surface area contributed by atoms with E-state index in [1.54, 1.807) is 6.07 Å². The van der Waals surface area contributed by atoms with E-state index in [0.29, 0.717) is 23.3 Å². The normalized spacial score (nSPS) is 27.2. The highest BCUT2D eigenvalue weighted by Gasteiger charge is 2.66. The van der Waals surface area contributed by atoms with Gasteiger partial charge in [0.25, 0.3) is 0 Å². The first-order chi connectivity index (χ1) is 19.6. The number of hydrogen-bond acceptors (Lipinski definition) is 8. The van der Waals surface area contributed by atoms with Gasteiger partial charge in [-0.05, 0) is 67.0 Å². The Morgan fingerprint density at radius 1 is 0.951 bits per heavy atom. The summed E-state index contributed by atoms with van der Waals surface area (Å²) in [7, 11) is 0. The Hall–Kier alpha value is -4.37. The van der Waals surface area contributed by atoms with Gasteiger partial charge in [0.1, 0.15) is 17.3 Å². The SMILES string of the molecule is NC(=O)C1C(=O)C[C@@H]2C[C@@H]3Cc4c(-c5ccc(CCCc6ccccc6)o5)ccc(O)c4C(=O)C3C(=O)[C@]2(O)C1=O. The van der Waals surface area contributed by atoms with E-state index in [-0.39, 0.29) is 30.6 Å². The highest BCUT2D eigenvalue weighted by Crippen LogP contribution is 2.51. The average Bonchev–Trinajstić information content (AvgIpc) is 3.40. The van der Waals surface area contributed by atoms with Crippen LogP contribution in [-0.2, 0) is 38.4 Å². The summed E-state index contributed by atoms with van der Waals surface area (Å²) in [5.41, 5.74) is 4.88. The summed E-state index contributed by atoms with van der Waals surface area (Å²) >= 11 is 0. The first-order valence-corrected chi connectivity index (χ1v) is 13.8. The number of Topliss-reactive ketones (excluding diaryl/α,β-unsaturated/α-hetero) is 4. The Bertz CT molecular complexity index is 1600. The largest absolute Gasteiger partial charge is 0.507 e. The monoisotopic (exact) mass is 555 g/mol. The molecule has 41 heavy (non-hydrogen) atoms. The molecule has 1 amide bonds. The van der Waals surface area contributed by atoms with Crippen molar-refractivity contribution in [3.63, 3.8) is 0 Å². The van der Waals surface area contributed by atoms with Gasteiger partial charge in [-0.2, -0.15) is 0 Å². The molecule has 3 aromatic rings. The molecule has 3 aliphatic carbocycles. The lowest BCUT2D eigenvalue weighted by Crippen LogP contribution is -2.68. The van der Waals surface area contributed by atoms with Crippen LogP contribution < -0.4 is 5.73 Å². The van der Waals surface area contributed by atoms with Crippen LogP contribution in [0.5, 0.6) is 5.75 Å². The molecule has 2 unspecified atom stereocenters. The smallest absolute Gasteiger partial charge is 0.235 e. The lowest BCUT2D eigenvalue weighted by atomic mass is 9.53. The number of aryl methyl sites for hydroxylation is 2. The third-order valence-corrected chi connectivity index (χ3v) is 8.94. The van der Waals surface area contributed by atoms with Gasteiger partial charge in [0.2, 0.25) is 5.91 Å². The molecule has 2 fully saturated rings. The fourth-order valence-electron chi connectivity index (χ4n) is 6.97. The number of aliphatic hydroxyl groups is 1. The van der Waals surface area contributed by atoms with Gasteiger partial charge in [-0.3, -0.25) is 24.0 Å². The van der Waals surface area contributed by atoms with E-state index in [1.165, 1.54) is 11.6 Å². The van der Waals surface area contributed by atoms with Crippen LogP contribution in [0.1, 0.15) is 46.5 Å². The highest BCUT2D eigenvalue weighted by molar-refractivity contribution is 6.31. The molecule has 210 valence electrons. The summed E-state index contributed by atoms with van der Waals surface area (Å²) in [6, 6.07) is 16.9. The van der Waals surface area contributed by atoms with Crippen LogP contribution in [0.4, 0.5) is 0 Å². The first-order valence-electron chi connectivity index (χ1n) is 13.8. The zero-order valence-electron chi connectivity index (χ0n) is 22.2. The molecule has 6 rings (SSSR count). The van der Waals surface area contributed by atoms with E-state index >= 15 is 0 Å². The highest BCUT2D eigenvalue weighted by atomic mass is 16.3. The number of carbonyl (C=O) groups is 5. The molecule has 2 aromatic carbocycles. The van der Waals surface area contributed by atoms with Crippen molar-refractivity contribution in [1.29, 1.82) is 0 Å². The minimum atomic E-state index is -2.66. The number of nitrogens with two attached hydrogens (primary N) is 1. The number of benzene rings is 2. The van der Waals surface area contributed by atoms with Crippen LogP contribution >= 0.6 is 0 Å². The van der Waals surface area contributed by atoms with E-state index in [2.05, 4.69) is 12.1 Å². The van der Waals surface area contributed by atoms with E-state index < -0.39 is 58.3 Å². The molecule has 0 saturated heterocycles. The third kappa shape index (κ3) is 4.23. The minimum Gasteiger partial charge on any atom is -0.507 e. The van der Waals surface area contributed by atoms with Crippen molar-refractivity contribution in [2.45, 2.75) is 44.1 Å². The summed E-state index contributed by atoms with van der Waals surface area (Å²) in [5.74, 6) is -9.01. The minimum absolute atomic E-state index is 0.0407. The molecule has 9 nitrogen and oxygen atoms in total. The van der Waals surface area contributed by atoms with Crippen molar-refractivity contribution < 1.29 is 38.6 Å². The van der Waals surface area contributed by atoms with Gasteiger partial charge in [0.15, 0.2) is 34.7 Å². The number of hydrogen-bond donors (Lipinski definition) is 3. The number of primary amides is 1. The van der Waals surface area contributed by atoms with Crippen molar-refractivity contribution in [3.8, 4) is 17.1 Å². The second-order valence-corrected chi connectivity index (χ2v) is 11.3. The maximum Gasteiger partial charge on any atom is 0.235 e. The van der Waals surface area contributed by atoms with Crippen LogP contribution in [0, 0.1) is 23.7 Å². The molecule has 4 N–H and O–H groups in total. The first kappa shape index (κ1) is 26.8. The second-order valence-electron chi connectivity index (χ2n) is 11.3. The van der Waals surface area contributed by atoms with Crippen molar-refractivity contribution in [1.82, 2.24) is 0 Å². The molecule has 3 aliphatic rings. The lowest BCUT2D eigenvalue weighted by Gasteiger charge is -2.48. The molecule has 5 atom stereocenters. The molecule has 9 heteroatoms. The number of furan rings is 1. The number of fused-ring (bicyclic) bond motifs is 3. The van der Waals surface area contributed by atoms with Crippen LogP contribution in [0.3, 0.4) is 0 Å². The number of phenols is 1. The van der Waals surface area contributed by atoms with E-state index in [4.69, 9.17) is 10.2 Å². The summed E-state index contributed by atoms with van der Waals surface area (Å²) in [6.45, 7) is 0. The summed E-state index contributed by atoms with van der Waals surface area (Å²) in [6.07, 6.45) is 2.35. The van der Waals surface area contributed by atoms with Gasteiger partial charge in [-0.15, -0.1) is 0 Å². The van der Waals surface area contributed by atoms with Gasteiger partial charge in [-0.25, -0.2) is 0 Å². The molecule has 2 saturated carbocycles. The Labute approximate surface area is 235 Å². The van der Waals surface area contributed by atoms with Crippen molar-refractivity contribution >= 4 is 29.0 Å². The van der Waals surface area contributed by atoms with Crippen LogP contribution in [0.2, 0.25) is 0 Å². The standard InChI is InChI=1S/C32H29NO8/c33-31(39)27-23(35)15-18-13-17-14-21-20(24-12-9-19(41-24)8-4-7-16-5-2-1-3-6-16)10-11-22(34)26(21)28(36)25(17)29(37)32(18,40)30(27)38/h1-3,5-6,9-12,17-18,25,27,34,40H,4,7-8,13-15H2,(H2,33,39)/t17-,18+,25?,27?,32+/m1/s1. The molecule has 0 radical (unpaired) electrons. The number of carbonyl (C=O) groups excluding carboxylic acids is 5. The lowest BCUT2D eigenvalue weighted by molar-refractivity contribution is -0.175. The molecule has 1 heterocycles. The molecule has 0 aliphatic heterocycles. The van der Waals surface area contributed by atoms with Crippen molar-refractivity contribution in [2.24, 2.45) is 29.4 Å². The van der Waals surface area contributed by atoms with Gasteiger partial charge in [0.05, 0.1) is 11.5 Å². The maximum atomic E-state index is 13.8. The summed E-state index contributed by atoms with van der Waals surface area (Å²) < 4.78 is 6.14. The van der Waals surface area contributed by atoms with Gasteiger partial charge < -0.3 is 20.4 Å². The molecular formula is C32H29NO8.